The number of hydrogen-bond donors (Lipinski definition) is 0. The number of para-hydroxylation sites is 3. The monoisotopic (exact) mass is 946 g/mol. The third-order valence-electron chi connectivity index (χ3n) is 15.3. The average Bonchev–Trinajstić information content (AvgIpc) is 4.02. The molecule has 2 aromatic heterocycles. The summed E-state index contributed by atoms with van der Waals surface area (Å²) in [4.78, 5) is 2.37. The van der Waals surface area contributed by atoms with E-state index in [-0.39, 0.29) is 0 Å². The Morgan fingerprint density at radius 3 is 1.58 bits per heavy atom. The Labute approximate surface area is 431 Å². The van der Waals surface area contributed by atoms with E-state index in [4.69, 9.17) is 4.42 Å². The van der Waals surface area contributed by atoms with Crippen molar-refractivity contribution in [2.45, 2.75) is 13.3 Å². The third kappa shape index (κ3) is 7.69. The van der Waals surface area contributed by atoms with Gasteiger partial charge in [0.15, 0.2) is 0 Å². The number of fused-ring (bicyclic) bond motifs is 7. The van der Waals surface area contributed by atoms with Crippen molar-refractivity contribution in [2.75, 3.05) is 4.90 Å². The van der Waals surface area contributed by atoms with Crippen molar-refractivity contribution >= 4 is 72.3 Å². The number of benzene rings is 11. The summed E-state index contributed by atoms with van der Waals surface area (Å²) in [6, 6.07) is 94.7. The number of aromatic nitrogens is 1. The molecular formula is C71H50N2O. The van der Waals surface area contributed by atoms with Gasteiger partial charge in [0.1, 0.15) is 11.2 Å². The van der Waals surface area contributed by atoms with Crippen LogP contribution in [0.15, 0.2) is 265 Å². The molecule has 1 unspecified atom stereocenters. The van der Waals surface area contributed by atoms with Crippen LogP contribution >= 0.6 is 0 Å². The van der Waals surface area contributed by atoms with E-state index in [9.17, 15) is 0 Å². The second-order valence-corrected chi connectivity index (χ2v) is 19.8. The highest BCUT2D eigenvalue weighted by Gasteiger charge is 2.26. The van der Waals surface area contributed by atoms with Gasteiger partial charge in [-0.25, -0.2) is 0 Å². The highest BCUT2D eigenvalue weighted by molar-refractivity contribution is 6.06. The first-order valence-corrected chi connectivity index (χ1v) is 25.7. The van der Waals surface area contributed by atoms with Crippen molar-refractivity contribution in [2.24, 2.45) is 5.92 Å². The zero-order valence-corrected chi connectivity index (χ0v) is 41.0. The molecule has 0 radical (unpaired) electrons. The Morgan fingerprint density at radius 2 is 0.878 bits per heavy atom. The highest BCUT2D eigenvalue weighted by atomic mass is 16.3. The van der Waals surface area contributed by atoms with E-state index in [2.05, 4.69) is 271 Å². The predicted molar refractivity (Wildman–Crippen MR) is 312 cm³/mol. The Bertz CT molecular complexity index is 4250. The van der Waals surface area contributed by atoms with Crippen molar-refractivity contribution < 1.29 is 4.42 Å². The molecule has 0 aliphatic heterocycles. The Hall–Kier alpha value is -9.44. The van der Waals surface area contributed by atoms with Crippen LogP contribution in [-0.2, 0) is 6.42 Å². The minimum Gasteiger partial charge on any atom is -0.456 e. The molecule has 350 valence electrons. The molecule has 0 amide bonds. The molecule has 1 atom stereocenters. The Balaban J connectivity index is 0.789. The van der Waals surface area contributed by atoms with Gasteiger partial charge in [0, 0.05) is 50.2 Å². The van der Waals surface area contributed by atoms with Crippen LogP contribution in [0.4, 0.5) is 17.1 Å². The molecule has 1 aliphatic rings. The zero-order chi connectivity index (χ0) is 49.1. The van der Waals surface area contributed by atoms with Gasteiger partial charge in [-0.3, -0.25) is 0 Å². The third-order valence-corrected chi connectivity index (χ3v) is 15.3. The lowest BCUT2D eigenvalue weighted by Crippen LogP contribution is -2.13. The summed E-state index contributed by atoms with van der Waals surface area (Å²) in [5.74, 6) is 0.338. The van der Waals surface area contributed by atoms with Crippen LogP contribution in [0.1, 0.15) is 23.7 Å². The van der Waals surface area contributed by atoms with Crippen LogP contribution in [0.2, 0.25) is 0 Å². The molecule has 11 aromatic carbocycles. The fourth-order valence-corrected chi connectivity index (χ4v) is 11.5. The lowest BCUT2D eigenvalue weighted by molar-refractivity contribution is 0.669. The summed E-state index contributed by atoms with van der Waals surface area (Å²) < 4.78 is 8.76. The summed E-state index contributed by atoms with van der Waals surface area (Å²) in [7, 11) is 0. The largest absolute Gasteiger partial charge is 0.456 e. The van der Waals surface area contributed by atoms with Crippen molar-refractivity contribution in [1.29, 1.82) is 0 Å². The molecule has 0 N–H and O–H groups in total. The van der Waals surface area contributed by atoms with Crippen molar-refractivity contribution in [3.63, 3.8) is 0 Å². The number of allylic oxidation sites excluding steroid dienone is 1. The van der Waals surface area contributed by atoms with E-state index in [1.807, 2.05) is 12.1 Å². The maximum absolute atomic E-state index is 6.29. The predicted octanol–water partition coefficient (Wildman–Crippen LogP) is 19.6. The van der Waals surface area contributed by atoms with E-state index >= 15 is 0 Å². The first kappa shape index (κ1) is 43.4. The van der Waals surface area contributed by atoms with Gasteiger partial charge in [-0.1, -0.05) is 183 Å². The highest BCUT2D eigenvalue weighted by Crippen LogP contribution is 2.43. The van der Waals surface area contributed by atoms with Crippen molar-refractivity contribution in [3.05, 3.63) is 278 Å². The van der Waals surface area contributed by atoms with Gasteiger partial charge in [-0.05, 0) is 170 Å². The van der Waals surface area contributed by atoms with E-state index in [1.165, 1.54) is 83.1 Å². The molecule has 0 spiro atoms. The normalized spacial score (nSPS) is 13.4. The van der Waals surface area contributed by atoms with Gasteiger partial charge >= 0.3 is 0 Å². The Morgan fingerprint density at radius 1 is 0.378 bits per heavy atom. The van der Waals surface area contributed by atoms with Gasteiger partial charge in [-0.15, -0.1) is 0 Å². The van der Waals surface area contributed by atoms with E-state index in [0.717, 1.165) is 56.5 Å². The minimum absolute atomic E-state index is 0.338. The molecule has 13 aromatic rings. The standard InChI is InChI=1S/C71H50N2O/c1-47-42-69-67(63-18-7-9-20-68(63)73(69)59-16-3-2-4-17-59)46-66(47)53-32-39-62(40-33-53)72(61-37-30-52(31-38-61)58-34-41-65-64-19-8-10-21-70(64)74-71(65)45-58)60-35-28-50(29-36-60)49-22-24-51(25-23-49)55-14-11-15-56(43-55)57-27-26-48-12-5-6-13-54(48)44-57/h2-41,43-47H,42H2,1H3. The number of furan rings is 1. The van der Waals surface area contributed by atoms with Crippen LogP contribution in [-0.4, -0.2) is 4.57 Å². The zero-order valence-electron chi connectivity index (χ0n) is 41.0. The van der Waals surface area contributed by atoms with Crippen LogP contribution in [0, 0.1) is 5.92 Å². The molecule has 3 heteroatoms. The van der Waals surface area contributed by atoms with Crippen LogP contribution < -0.4 is 4.90 Å². The molecule has 3 nitrogen and oxygen atoms in total. The number of hydrogen-bond acceptors (Lipinski definition) is 2. The molecule has 2 heterocycles. The summed E-state index contributed by atoms with van der Waals surface area (Å²) in [6.07, 6.45) is 3.41. The summed E-state index contributed by atoms with van der Waals surface area (Å²) in [5, 5.41) is 6.08. The summed E-state index contributed by atoms with van der Waals surface area (Å²) >= 11 is 0. The number of nitrogens with zero attached hydrogens (tertiary/aromatic N) is 2. The Kier molecular flexibility index (Phi) is 10.5. The summed E-state index contributed by atoms with van der Waals surface area (Å²) in [6.45, 7) is 2.37. The van der Waals surface area contributed by atoms with Gasteiger partial charge in [0.2, 0.25) is 0 Å². The van der Waals surface area contributed by atoms with Gasteiger partial charge < -0.3 is 13.9 Å². The van der Waals surface area contributed by atoms with Crippen LogP contribution in [0.5, 0.6) is 0 Å². The lowest BCUT2D eigenvalue weighted by Gasteiger charge is -2.27. The first-order chi connectivity index (χ1) is 36.6. The molecule has 0 saturated heterocycles. The van der Waals surface area contributed by atoms with Gasteiger partial charge in [0.25, 0.3) is 0 Å². The molecule has 74 heavy (non-hydrogen) atoms. The second-order valence-electron chi connectivity index (χ2n) is 19.8. The molecule has 0 saturated carbocycles. The molecule has 0 fully saturated rings. The maximum Gasteiger partial charge on any atom is 0.136 e. The van der Waals surface area contributed by atoms with Crippen molar-refractivity contribution in [3.8, 4) is 50.2 Å². The van der Waals surface area contributed by atoms with Gasteiger partial charge in [-0.2, -0.15) is 0 Å². The second kappa shape index (κ2) is 18.0. The average molecular weight is 947 g/mol. The smallest absolute Gasteiger partial charge is 0.136 e. The van der Waals surface area contributed by atoms with Crippen molar-refractivity contribution in [1.82, 2.24) is 4.57 Å². The quantitative estimate of drug-likeness (QED) is 0.144. The SMILES string of the molecule is CC1Cc2c(c3ccccc3n2-c2ccccc2)C=C1c1ccc(N(c2ccc(-c3ccc(-c4cccc(-c5ccc6ccccc6c5)c4)cc3)cc2)c2ccc(-c3ccc4c(c3)oc3ccccc34)cc2)cc1. The van der Waals surface area contributed by atoms with E-state index in [0.29, 0.717) is 5.92 Å². The fourth-order valence-electron chi connectivity index (χ4n) is 11.5. The molecule has 14 rings (SSSR count). The molecular weight excluding hydrogens is 897 g/mol. The van der Waals surface area contributed by atoms with Crippen LogP contribution in [0.3, 0.4) is 0 Å². The van der Waals surface area contributed by atoms with E-state index in [1.54, 1.807) is 0 Å². The first-order valence-electron chi connectivity index (χ1n) is 25.7. The molecule has 0 bridgehead atoms. The van der Waals surface area contributed by atoms with Crippen LogP contribution in [0.25, 0.3) is 105 Å². The topological polar surface area (TPSA) is 21.3 Å². The van der Waals surface area contributed by atoms with Gasteiger partial charge in [0.05, 0.1) is 5.52 Å². The maximum atomic E-state index is 6.29. The summed E-state index contributed by atoms with van der Waals surface area (Å²) in [5.41, 5.74) is 22.3. The number of anilines is 3. The lowest BCUT2D eigenvalue weighted by atomic mass is 9.83. The number of rotatable bonds is 9. The molecule has 1 aliphatic carbocycles. The fraction of sp³-hybridized carbons (Fsp3) is 0.0423. The minimum atomic E-state index is 0.338. The van der Waals surface area contributed by atoms with E-state index < -0.39 is 0 Å².